The fraction of sp³-hybridized carbons (Fsp3) is 0.167. The Bertz CT molecular complexity index is 787. The van der Waals surface area contributed by atoms with Gasteiger partial charge in [0.25, 0.3) is 5.91 Å². The number of benzene rings is 2. The van der Waals surface area contributed by atoms with Gasteiger partial charge < -0.3 is 10.3 Å². The molecule has 3 rings (SSSR count). The predicted octanol–water partition coefficient (Wildman–Crippen LogP) is 4.54. The Hall–Kier alpha value is -2.55. The van der Waals surface area contributed by atoms with Crippen molar-refractivity contribution in [2.24, 2.45) is 0 Å². The van der Waals surface area contributed by atoms with E-state index in [1.807, 2.05) is 48.7 Å². The van der Waals surface area contributed by atoms with Gasteiger partial charge in [-0.1, -0.05) is 38.1 Å². The molecule has 2 aromatic carbocycles. The van der Waals surface area contributed by atoms with E-state index in [1.165, 1.54) is 0 Å². The lowest BCUT2D eigenvalue weighted by atomic mass is 10.0. The molecule has 0 atom stereocenters. The Kier molecular flexibility index (Phi) is 3.48. The Morgan fingerprint density at radius 1 is 1.05 bits per heavy atom. The molecule has 106 valence electrons. The fourth-order valence-corrected chi connectivity index (χ4v) is 2.59. The van der Waals surface area contributed by atoms with Crippen molar-refractivity contribution in [3.63, 3.8) is 0 Å². The van der Waals surface area contributed by atoms with Crippen LogP contribution in [0.3, 0.4) is 0 Å². The van der Waals surface area contributed by atoms with Crippen LogP contribution in [0.1, 0.15) is 35.7 Å². The molecule has 3 aromatic rings. The van der Waals surface area contributed by atoms with E-state index < -0.39 is 0 Å². The summed E-state index contributed by atoms with van der Waals surface area (Å²) in [6.07, 6.45) is 1.85. The molecule has 1 amide bonds. The summed E-state index contributed by atoms with van der Waals surface area (Å²) in [7, 11) is 0. The monoisotopic (exact) mass is 278 g/mol. The number of hydrogen-bond acceptors (Lipinski definition) is 1. The van der Waals surface area contributed by atoms with E-state index in [0.717, 1.165) is 22.2 Å². The normalized spacial score (nSPS) is 11.0. The van der Waals surface area contributed by atoms with Crippen molar-refractivity contribution in [1.29, 1.82) is 0 Å². The van der Waals surface area contributed by atoms with Gasteiger partial charge in [0.2, 0.25) is 0 Å². The highest BCUT2D eigenvalue weighted by Gasteiger charge is 2.13. The third kappa shape index (κ3) is 2.55. The maximum absolute atomic E-state index is 12.6. The lowest BCUT2D eigenvalue weighted by Gasteiger charge is -2.14. The van der Waals surface area contributed by atoms with E-state index in [-0.39, 0.29) is 5.91 Å². The van der Waals surface area contributed by atoms with Crippen LogP contribution in [0.15, 0.2) is 54.7 Å². The van der Waals surface area contributed by atoms with Crippen molar-refractivity contribution in [3.8, 4) is 0 Å². The highest BCUT2D eigenvalue weighted by atomic mass is 16.1. The number of fused-ring (bicyclic) bond motifs is 1. The van der Waals surface area contributed by atoms with E-state index in [4.69, 9.17) is 0 Å². The molecular weight excluding hydrogens is 260 g/mol. The first-order valence-electron chi connectivity index (χ1n) is 7.13. The summed E-state index contributed by atoms with van der Waals surface area (Å²) in [5.74, 6) is 0.290. The Morgan fingerprint density at radius 3 is 2.67 bits per heavy atom. The molecule has 0 radical (unpaired) electrons. The van der Waals surface area contributed by atoms with E-state index in [2.05, 4.69) is 30.2 Å². The number of aromatic nitrogens is 1. The van der Waals surface area contributed by atoms with Crippen LogP contribution < -0.4 is 5.32 Å². The lowest BCUT2D eigenvalue weighted by Crippen LogP contribution is -2.13. The standard InChI is InChI=1S/C18H18N2O/c1-12(2)13-6-3-4-8-17(13)20-18(21)15-7-5-9-16-14(15)10-11-19-16/h3-12,19H,1-2H3,(H,20,21). The number of aromatic amines is 1. The van der Waals surface area contributed by atoms with Gasteiger partial charge in [0, 0.05) is 28.4 Å². The molecule has 1 aromatic heterocycles. The van der Waals surface area contributed by atoms with Crippen LogP contribution in [0.25, 0.3) is 10.9 Å². The first-order valence-corrected chi connectivity index (χ1v) is 7.13. The maximum atomic E-state index is 12.6. The maximum Gasteiger partial charge on any atom is 0.256 e. The number of anilines is 1. The fourth-order valence-electron chi connectivity index (χ4n) is 2.59. The van der Waals surface area contributed by atoms with Crippen molar-refractivity contribution in [2.45, 2.75) is 19.8 Å². The summed E-state index contributed by atoms with van der Waals surface area (Å²) in [6.45, 7) is 4.25. The molecule has 0 aliphatic carbocycles. The second kappa shape index (κ2) is 5.44. The molecule has 0 saturated carbocycles. The van der Waals surface area contributed by atoms with Crippen LogP contribution in [-0.4, -0.2) is 10.9 Å². The molecule has 0 unspecified atom stereocenters. The molecule has 21 heavy (non-hydrogen) atoms. The number of carbonyl (C=O) groups is 1. The molecule has 0 spiro atoms. The summed E-state index contributed by atoms with van der Waals surface area (Å²) >= 11 is 0. The zero-order valence-electron chi connectivity index (χ0n) is 12.2. The van der Waals surface area contributed by atoms with E-state index in [9.17, 15) is 4.79 Å². The van der Waals surface area contributed by atoms with Gasteiger partial charge in [-0.05, 0) is 35.7 Å². The lowest BCUT2D eigenvalue weighted by molar-refractivity contribution is 0.102. The van der Waals surface area contributed by atoms with Crippen LogP contribution in [0.5, 0.6) is 0 Å². The zero-order chi connectivity index (χ0) is 14.8. The van der Waals surface area contributed by atoms with Crippen molar-refractivity contribution in [1.82, 2.24) is 4.98 Å². The van der Waals surface area contributed by atoms with Crippen LogP contribution >= 0.6 is 0 Å². The van der Waals surface area contributed by atoms with Gasteiger partial charge >= 0.3 is 0 Å². The quantitative estimate of drug-likeness (QED) is 0.725. The summed E-state index contributed by atoms with van der Waals surface area (Å²) in [5, 5.41) is 3.98. The second-order valence-electron chi connectivity index (χ2n) is 5.44. The Morgan fingerprint density at radius 2 is 1.86 bits per heavy atom. The van der Waals surface area contributed by atoms with Gasteiger partial charge in [0.05, 0.1) is 0 Å². The van der Waals surface area contributed by atoms with Gasteiger partial charge in [-0.15, -0.1) is 0 Å². The number of para-hydroxylation sites is 1. The third-order valence-electron chi connectivity index (χ3n) is 3.67. The second-order valence-corrected chi connectivity index (χ2v) is 5.44. The molecule has 1 heterocycles. The number of H-pyrrole nitrogens is 1. The average Bonchev–Trinajstić information content (AvgIpc) is 2.95. The molecule has 2 N–H and O–H groups in total. The van der Waals surface area contributed by atoms with Gasteiger partial charge in [-0.25, -0.2) is 0 Å². The van der Waals surface area contributed by atoms with Gasteiger partial charge in [0.1, 0.15) is 0 Å². The van der Waals surface area contributed by atoms with Crippen molar-refractivity contribution in [3.05, 3.63) is 65.9 Å². The van der Waals surface area contributed by atoms with Crippen molar-refractivity contribution in [2.75, 3.05) is 5.32 Å². The largest absolute Gasteiger partial charge is 0.361 e. The summed E-state index contributed by atoms with van der Waals surface area (Å²) in [5.41, 5.74) is 3.68. The third-order valence-corrected chi connectivity index (χ3v) is 3.67. The zero-order valence-corrected chi connectivity index (χ0v) is 12.2. The minimum atomic E-state index is -0.0756. The van der Waals surface area contributed by atoms with Gasteiger partial charge in [0.15, 0.2) is 0 Å². The van der Waals surface area contributed by atoms with E-state index in [0.29, 0.717) is 11.5 Å². The Labute approximate surface area is 124 Å². The first-order chi connectivity index (χ1) is 10.2. The number of carbonyl (C=O) groups excluding carboxylic acids is 1. The van der Waals surface area contributed by atoms with Crippen LogP contribution in [0.2, 0.25) is 0 Å². The van der Waals surface area contributed by atoms with Crippen molar-refractivity contribution >= 4 is 22.5 Å². The van der Waals surface area contributed by atoms with E-state index >= 15 is 0 Å². The molecule has 0 bridgehead atoms. The molecule has 3 nitrogen and oxygen atoms in total. The Balaban J connectivity index is 1.96. The minimum Gasteiger partial charge on any atom is -0.361 e. The summed E-state index contributed by atoms with van der Waals surface area (Å²) in [4.78, 5) is 15.7. The smallest absolute Gasteiger partial charge is 0.256 e. The number of hydrogen-bond donors (Lipinski definition) is 2. The molecular formula is C18H18N2O. The molecule has 3 heteroatoms. The SMILES string of the molecule is CC(C)c1ccccc1NC(=O)c1cccc2[nH]ccc12. The predicted molar refractivity (Wildman–Crippen MR) is 86.8 cm³/mol. The topological polar surface area (TPSA) is 44.9 Å². The van der Waals surface area contributed by atoms with Crippen molar-refractivity contribution < 1.29 is 4.79 Å². The highest BCUT2D eigenvalue weighted by molar-refractivity contribution is 6.12. The molecule has 0 fully saturated rings. The van der Waals surface area contributed by atoms with Gasteiger partial charge in [-0.2, -0.15) is 0 Å². The van der Waals surface area contributed by atoms with Gasteiger partial charge in [-0.3, -0.25) is 4.79 Å². The first kappa shape index (κ1) is 13.4. The summed E-state index contributed by atoms with van der Waals surface area (Å²) in [6, 6.07) is 15.6. The minimum absolute atomic E-state index is 0.0756. The molecule has 0 aliphatic heterocycles. The average molecular weight is 278 g/mol. The highest BCUT2D eigenvalue weighted by Crippen LogP contribution is 2.25. The number of nitrogens with one attached hydrogen (secondary N) is 2. The number of amides is 1. The van der Waals surface area contributed by atoms with Crippen LogP contribution in [-0.2, 0) is 0 Å². The van der Waals surface area contributed by atoms with Crippen LogP contribution in [0, 0.1) is 0 Å². The molecule has 0 aliphatic rings. The molecule has 0 saturated heterocycles. The van der Waals surface area contributed by atoms with Crippen LogP contribution in [0.4, 0.5) is 5.69 Å². The van der Waals surface area contributed by atoms with E-state index in [1.54, 1.807) is 0 Å². The number of rotatable bonds is 3. The summed E-state index contributed by atoms with van der Waals surface area (Å²) < 4.78 is 0.